The summed E-state index contributed by atoms with van der Waals surface area (Å²) in [5.41, 5.74) is 0. The first kappa shape index (κ1) is 15.6. The van der Waals surface area contributed by atoms with Gasteiger partial charge in [-0.3, -0.25) is 4.79 Å². The summed E-state index contributed by atoms with van der Waals surface area (Å²) in [5, 5.41) is 11.2. The van der Waals surface area contributed by atoms with E-state index in [2.05, 4.69) is 5.32 Å². The van der Waals surface area contributed by atoms with E-state index in [1.54, 1.807) is 0 Å². The van der Waals surface area contributed by atoms with Crippen molar-refractivity contribution in [2.75, 3.05) is 20.6 Å². The molecule has 0 aromatic carbocycles. The molecule has 0 atom stereocenters. The third-order valence-corrected chi connectivity index (χ3v) is 5.51. The number of hydrogen-bond acceptors (Lipinski definition) is 5. The van der Waals surface area contributed by atoms with E-state index in [1.807, 2.05) is 0 Å². The number of carboxylic acids is 1. The van der Waals surface area contributed by atoms with Crippen molar-refractivity contribution in [3.8, 4) is 0 Å². The lowest BCUT2D eigenvalue weighted by molar-refractivity contribution is -0.120. The third kappa shape index (κ3) is 3.31. The second-order valence-corrected chi connectivity index (χ2v) is 7.04. The molecule has 19 heavy (non-hydrogen) atoms. The van der Waals surface area contributed by atoms with Gasteiger partial charge in [0.05, 0.1) is 11.4 Å². The van der Waals surface area contributed by atoms with Crippen molar-refractivity contribution in [1.82, 2.24) is 9.62 Å². The molecule has 0 aliphatic heterocycles. The topological polar surface area (TPSA) is 104 Å². The minimum Gasteiger partial charge on any atom is -0.477 e. The summed E-state index contributed by atoms with van der Waals surface area (Å²) >= 11 is 0.885. The van der Waals surface area contributed by atoms with Gasteiger partial charge in [-0.15, -0.1) is 11.3 Å². The number of nitrogens with zero attached hydrogens (tertiary/aromatic N) is 1. The fraction of sp³-hybridized carbons (Fsp3) is 0.400. The normalized spacial score (nSPS) is 11.6. The van der Waals surface area contributed by atoms with Gasteiger partial charge in [-0.1, -0.05) is 0 Å². The highest BCUT2D eigenvalue weighted by Gasteiger charge is 2.27. The lowest BCUT2D eigenvalue weighted by Crippen LogP contribution is -2.36. The maximum absolute atomic E-state index is 12.2. The zero-order valence-corrected chi connectivity index (χ0v) is 12.3. The number of carboxylic acid groups (broad SMARTS) is 1. The minimum atomic E-state index is -3.87. The van der Waals surface area contributed by atoms with Gasteiger partial charge in [0.2, 0.25) is 15.9 Å². The molecule has 2 N–H and O–H groups in total. The van der Waals surface area contributed by atoms with Crippen LogP contribution in [0.3, 0.4) is 0 Å². The van der Waals surface area contributed by atoms with Gasteiger partial charge in [-0.2, -0.15) is 4.31 Å². The second-order valence-electron chi connectivity index (χ2n) is 3.77. The van der Waals surface area contributed by atoms with Gasteiger partial charge in [0.25, 0.3) is 0 Å². The van der Waals surface area contributed by atoms with E-state index in [0.717, 1.165) is 21.7 Å². The van der Waals surface area contributed by atoms with Crippen molar-refractivity contribution in [1.29, 1.82) is 0 Å². The predicted octanol–water partition coefficient (Wildman–Crippen LogP) is 0.121. The Morgan fingerprint density at radius 2 is 2.05 bits per heavy atom. The number of sulfonamides is 1. The average molecular weight is 306 g/mol. The molecule has 0 saturated heterocycles. The maximum atomic E-state index is 12.2. The summed E-state index contributed by atoms with van der Waals surface area (Å²) in [6.07, 6.45) is 0. The van der Waals surface area contributed by atoms with Gasteiger partial charge in [0, 0.05) is 19.0 Å². The zero-order valence-electron chi connectivity index (χ0n) is 10.6. The molecule has 0 bridgehead atoms. The maximum Gasteiger partial charge on any atom is 0.345 e. The van der Waals surface area contributed by atoms with Crippen molar-refractivity contribution in [3.05, 3.63) is 15.8 Å². The molecule has 0 spiro atoms. The Balaban J connectivity index is 3.13. The number of hydrogen-bond donors (Lipinski definition) is 2. The van der Waals surface area contributed by atoms with Crippen LogP contribution in [-0.4, -0.2) is 50.3 Å². The lowest BCUT2D eigenvalue weighted by Gasteiger charge is -2.15. The minimum absolute atomic E-state index is 0.0515. The van der Waals surface area contributed by atoms with Crippen LogP contribution in [0.15, 0.2) is 11.0 Å². The highest BCUT2D eigenvalue weighted by molar-refractivity contribution is 7.89. The van der Waals surface area contributed by atoms with Gasteiger partial charge in [0.15, 0.2) is 0 Å². The Hall–Kier alpha value is -1.45. The standard InChI is InChI=1S/C10H14N2O5S2/c1-6-8(4-7(18-6)10(14)15)19(16,17)12(3)5-9(13)11-2/h4H,5H2,1-3H3,(H,11,13)(H,14,15). The molecule has 0 saturated carbocycles. The van der Waals surface area contributed by atoms with E-state index in [9.17, 15) is 18.0 Å². The van der Waals surface area contributed by atoms with Crippen LogP contribution >= 0.6 is 11.3 Å². The average Bonchev–Trinajstić information content (AvgIpc) is 2.71. The number of amides is 1. The number of carbonyl (C=O) groups is 2. The first-order chi connectivity index (χ1) is 8.70. The number of carbonyl (C=O) groups excluding carboxylic acids is 1. The Kier molecular flexibility index (Phi) is 4.66. The van der Waals surface area contributed by atoms with Crippen LogP contribution in [0.2, 0.25) is 0 Å². The van der Waals surface area contributed by atoms with E-state index in [-0.39, 0.29) is 16.3 Å². The van der Waals surface area contributed by atoms with E-state index >= 15 is 0 Å². The Morgan fingerprint density at radius 1 is 1.47 bits per heavy atom. The summed E-state index contributed by atoms with van der Waals surface area (Å²) in [4.78, 5) is 22.3. The monoisotopic (exact) mass is 306 g/mol. The van der Waals surface area contributed by atoms with Crippen LogP contribution in [-0.2, 0) is 14.8 Å². The molecular weight excluding hydrogens is 292 g/mol. The predicted molar refractivity (Wildman–Crippen MR) is 69.9 cm³/mol. The molecule has 1 aromatic rings. The third-order valence-electron chi connectivity index (χ3n) is 2.42. The number of aryl methyl sites for hydroxylation is 1. The number of rotatable bonds is 5. The molecule has 1 aromatic heterocycles. The van der Waals surface area contributed by atoms with Crippen LogP contribution in [0.4, 0.5) is 0 Å². The van der Waals surface area contributed by atoms with Gasteiger partial charge < -0.3 is 10.4 Å². The molecule has 1 amide bonds. The summed E-state index contributed by atoms with van der Waals surface area (Å²) in [6.45, 7) is 1.20. The van der Waals surface area contributed by atoms with Gasteiger partial charge >= 0.3 is 5.97 Å². The van der Waals surface area contributed by atoms with Crippen molar-refractivity contribution in [2.24, 2.45) is 0 Å². The number of nitrogens with one attached hydrogen (secondary N) is 1. The number of likely N-dealkylation sites (N-methyl/N-ethyl adjacent to an activating group) is 2. The molecule has 0 fully saturated rings. The number of aromatic carboxylic acids is 1. The summed E-state index contributed by atoms with van der Waals surface area (Å²) in [5.74, 6) is -1.62. The molecule has 0 radical (unpaired) electrons. The van der Waals surface area contributed by atoms with Crippen molar-refractivity contribution in [2.45, 2.75) is 11.8 Å². The zero-order chi connectivity index (χ0) is 14.8. The molecule has 0 unspecified atom stereocenters. The molecular formula is C10H14N2O5S2. The van der Waals surface area contributed by atoms with Crippen LogP contribution in [0, 0.1) is 6.92 Å². The smallest absolute Gasteiger partial charge is 0.345 e. The number of thiophene rings is 1. The highest BCUT2D eigenvalue weighted by atomic mass is 32.2. The van der Waals surface area contributed by atoms with Crippen LogP contribution in [0.5, 0.6) is 0 Å². The molecule has 9 heteroatoms. The van der Waals surface area contributed by atoms with E-state index < -0.39 is 21.9 Å². The van der Waals surface area contributed by atoms with Crippen LogP contribution < -0.4 is 5.32 Å². The largest absolute Gasteiger partial charge is 0.477 e. The first-order valence-corrected chi connectivity index (χ1v) is 7.46. The summed E-state index contributed by atoms with van der Waals surface area (Å²) < 4.78 is 25.3. The fourth-order valence-corrected chi connectivity index (χ4v) is 3.88. The molecule has 1 heterocycles. The Bertz CT molecular complexity index is 605. The van der Waals surface area contributed by atoms with E-state index in [1.165, 1.54) is 21.0 Å². The second kappa shape index (κ2) is 5.68. The van der Waals surface area contributed by atoms with E-state index in [0.29, 0.717) is 4.88 Å². The summed E-state index contributed by atoms with van der Waals surface area (Å²) in [7, 11) is -1.20. The van der Waals surface area contributed by atoms with E-state index in [4.69, 9.17) is 5.11 Å². The molecule has 0 aliphatic carbocycles. The SMILES string of the molecule is CNC(=O)CN(C)S(=O)(=O)c1cc(C(=O)O)sc1C. The fourth-order valence-electron chi connectivity index (χ4n) is 1.36. The highest BCUT2D eigenvalue weighted by Crippen LogP contribution is 2.27. The van der Waals surface area contributed by atoms with Crippen molar-refractivity contribution in [3.63, 3.8) is 0 Å². The molecule has 106 valence electrons. The molecule has 0 aliphatic rings. The van der Waals surface area contributed by atoms with Crippen LogP contribution in [0.1, 0.15) is 14.5 Å². The van der Waals surface area contributed by atoms with Crippen LogP contribution in [0.25, 0.3) is 0 Å². The Morgan fingerprint density at radius 3 is 2.47 bits per heavy atom. The van der Waals surface area contributed by atoms with Gasteiger partial charge in [0.1, 0.15) is 4.88 Å². The molecule has 7 nitrogen and oxygen atoms in total. The van der Waals surface area contributed by atoms with Crippen molar-refractivity contribution >= 4 is 33.2 Å². The Labute approximate surface area is 114 Å². The lowest BCUT2D eigenvalue weighted by atomic mass is 10.4. The van der Waals surface area contributed by atoms with Gasteiger partial charge in [-0.05, 0) is 13.0 Å². The van der Waals surface area contributed by atoms with Crippen molar-refractivity contribution < 1.29 is 23.1 Å². The van der Waals surface area contributed by atoms with Gasteiger partial charge in [-0.25, -0.2) is 13.2 Å². The summed E-state index contributed by atoms with van der Waals surface area (Å²) in [6, 6.07) is 1.11. The quantitative estimate of drug-likeness (QED) is 0.804. The molecule has 1 rings (SSSR count). The first-order valence-electron chi connectivity index (χ1n) is 5.20.